The lowest BCUT2D eigenvalue weighted by molar-refractivity contribution is -0.187. The second-order valence-corrected chi connectivity index (χ2v) is 10.4. The van der Waals surface area contributed by atoms with Crippen molar-refractivity contribution in [3.8, 4) is 22.6 Å². The normalized spacial score (nSPS) is 32.2. The van der Waals surface area contributed by atoms with Crippen molar-refractivity contribution in [2.45, 2.75) is 48.7 Å². The van der Waals surface area contributed by atoms with Gasteiger partial charge in [0.05, 0.1) is 12.0 Å². The molecule has 2 heterocycles. The minimum atomic E-state index is -0.759. The average Bonchev–Trinajstić information content (AvgIpc) is 3.25. The van der Waals surface area contributed by atoms with Crippen molar-refractivity contribution in [3.63, 3.8) is 0 Å². The predicted molar refractivity (Wildman–Crippen MR) is 133 cm³/mol. The number of benzene rings is 3. The molecular formula is C30H29NO4. The first-order valence-corrected chi connectivity index (χ1v) is 12.4. The van der Waals surface area contributed by atoms with Gasteiger partial charge in [-0.3, -0.25) is 4.90 Å². The van der Waals surface area contributed by atoms with Crippen LogP contribution in [-0.4, -0.2) is 52.6 Å². The number of aliphatic hydroxyl groups is 1. The van der Waals surface area contributed by atoms with Gasteiger partial charge in [0.1, 0.15) is 17.8 Å². The topological polar surface area (TPSA) is 62.2 Å². The van der Waals surface area contributed by atoms with Crippen molar-refractivity contribution in [1.82, 2.24) is 4.90 Å². The lowest BCUT2D eigenvalue weighted by Crippen LogP contribution is -2.76. The molecule has 1 spiro atoms. The maximum atomic E-state index is 11.1. The van der Waals surface area contributed by atoms with Crippen LogP contribution < -0.4 is 4.74 Å². The molecule has 0 radical (unpaired) electrons. The summed E-state index contributed by atoms with van der Waals surface area (Å²) in [6.45, 7) is 1.32. The van der Waals surface area contributed by atoms with Gasteiger partial charge in [0.2, 0.25) is 0 Å². The van der Waals surface area contributed by atoms with E-state index in [0.717, 1.165) is 41.6 Å². The molecule has 0 amide bonds. The zero-order valence-electron chi connectivity index (χ0n) is 19.7. The highest BCUT2D eigenvalue weighted by Crippen LogP contribution is 2.65. The summed E-state index contributed by atoms with van der Waals surface area (Å²) in [7, 11) is 2.16. The first-order valence-electron chi connectivity index (χ1n) is 12.4. The highest BCUT2D eigenvalue weighted by atomic mass is 16.5. The number of ether oxygens (including phenoxy) is 2. The lowest BCUT2D eigenvalue weighted by Gasteiger charge is -2.63. The molecule has 4 aliphatic rings. The summed E-state index contributed by atoms with van der Waals surface area (Å²) in [6, 6.07) is 22.6. The molecule has 1 saturated heterocycles. The third-order valence-electron chi connectivity index (χ3n) is 8.82. The van der Waals surface area contributed by atoms with E-state index >= 15 is 0 Å². The average molecular weight is 468 g/mol. The maximum Gasteiger partial charge on any atom is 0.165 e. The van der Waals surface area contributed by atoms with E-state index in [-0.39, 0.29) is 11.8 Å². The molecule has 2 bridgehead atoms. The lowest BCUT2D eigenvalue weighted by atomic mass is 9.50. The van der Waals surface area contributed by atoms with Crippen molar-refractivity contribution < 1.29 is 19.7 Å². The molecule has 178 valence electrons. The summed E-state index contributed by atoms with van der Waals surface area (Å²) in [6.07, 6.45) is 4.28. The highest BCUT2D eigenvalue weighted by Gasteiger charge is 2.72. The predicted octanol–water partition coefficient (Wildman–Crippen LogP) is 4.20. The van der Waals surface area contributed by atoms with E-state index in [2.05, 4.69) is 66.6 Å². The third-order valence-corrected chi connectivity index (χ3v) is 8.82. The molecule has 0 aromatic heterocycles. The van der Waals surface area contributed by atoms with Gasteiger partial charge in [-0.2, -0.15) is 0 Å². The van der Waals surface area contributed by atoms with Crippen LogP contribution in [0, 0.1) is 0 Å². The number of hydrogen-bond acceptors (Lipinski definition) is 5. The Labute approximate surface area is 205 Å². The minimum Gasteiger partial charge on any atom is -0.504 e. The van der Waals surface area contributed by atoms with E-state index in [1.807, 2.05) is 18.2 Å². The molecule has 2 aliphatic carbocycles. The molecule has 5 nitrogen and oxygen atoms in total. The molecule has 2 N–H and O–H groups in total. The number of aliphatic hydroxyl groups excluding tert-OH is 1. The van der Waals surface area contributed by atoms with Gasteiger partial charge in [0.25, 0.3) is 0 Å². The van der Waals surface area contributed by atoms with Gasteiger partial charge in [-0.25, -0.2) is 0 Å². The van der Waals surface area contributed by atoms with Gasteiger partial charge < -0.3 is 19.7 Å². The quantitative estimate of drug-likeness (QED) is 0.563. The van der Waals surface area contributed by atoms with E-state index in [4.69, 9.17) is 9.47 Å². The van der Waals surface area contributed by atoms with E-state index in [1.54, 1.807) is 6.07 Å². The van der Waals surface area contributed by atoms with E-state index in [1.165, 1.54) is 5.56 Å². The maximum absolute atomic E-state index is 11.1. The first kappa shape index (κ1) is 21.2. The first-order chi connectivity index (χ1) is 17.0. The van der Waals surface area contributed by atoms with E-state index in [0.29, 0.717) is 12.4 Å². The van der Waals surface area contributed by atoms with Crippen molar-refractivity contribution in [2.24, 2.45) is 0 Å². The van der Waals surface area contributed by atoms with Crippen LogP contribution in [0.4, 0.5) is 0 Å². The largest absolute Gasteiger partial charge is 0.504 e. The number of phenols is 1. The van der Waals surface area contributed by atoms with Crippen LogP contribution in [0.15, 0.2) is 78.9 Å². The fraction of sp³-hybridized carbons (Fsp3) is 0.333. The Balaban J connectivity index is 1.38. The summed E-state index contributed by atoms with van der Waals surface area (Å²) in [4.78, 5) is 2.39. The Bertz CT molecular complexity index is 1340. The van der Waals surface area contributed by atoms with Gasteiger partial charge >= 0.3 is 0 Å². The molecule has 0 saturated carbocycles. The van der Waals surface area contributed by atoms with Gasteiger partial charge in [0, 0.05) is 11.6 Å². The molecule has 0 unspecified atom stereocenters. The van der Waals surface area contributed by atoms with Crippen molar-refractivity contribution in [2.75, 3.05) is 13.6 Å². The number of phenolic OH excluding ortho intramolecular Hbond substituents is 1. The number of nitrogens with zero attached hydrogens (tertiary/aromatic N) is 1. The summed E-state index contributed by atoms with van der Waals surface area (Å²) >= 11 is 0. The van der Waals surface area contributed by atoms with Gasteiger partial charge in [0.15, 0.2) is 11.5 Å². The fourth-order valence-corrected chi connectivity index (χ4v) is 7.27. The fourth-order valence-electron chi connectivity index (χ4n) is 7.27. The minimum absolute atomic E-state index is 0.0954. The van der Waals surface area contributed by atoms with Crippen LogP contribution in [0.5, 0.6) is 11.5 Å². The zero-order valence-corrected chi connectivity index (χ0v) is 19.7. The van der Waals surface area contributed by atoms with Crippen LogP contribution in [-0.2, 0) is 23.2 Å². The molecule has 2 aliphatic heterocycles. The second-order valence-electron chi connectivity index (χ2n) is 10.4. The van der Waals surface area contributed by atoms with Crippen molar-refractivity contribution >= 4 is 0 Å². The number of piperidine rings is 1. The van der Waals surface area contributed by atoms with Crippen molar-refractivity contribution in [3.05, 3.63) is 95.6 Å². The standard InChI is InChI=1S/C30H29NO4/c1-31-16-15-29-26-20-11-12-23(32)27(26)35-28(29)24(33)13-14-30(29,25(31)17-20)34-18-21-9-5-6-10-22(21)19-7-3-2-4-8-19/h2-14,24-25,28,32-33H,15-18H2,1H3/t24-,25+,28-,29-,30+/m0/s1. The number of aromatic hydroxyl groups is 1. The number of hydrogen-bond donors (Lipinski definition) is 2. The van der Waals surface area contributed by atoms with Crippen LogP contribution in [0.3, 0.4) is 0 Å². The third kappa shape index (κ3) is 2.69. The van der Waals surface area contributed by atoms with E-state index < -0.39 is 23.2 Å². The summed E-state index contributed by atoms with van der Waals surface area (Å²) in [5.41, 5.74) is 4.44. The number of rotatable bonds is 4. The molecule has 3 aromatic carbocycles. The van der Waals surface area contributed by atoms with Gasteiger partial charge in [-0.15, -0.1) is 0 Å². The number of likely N-dealkylation sites (tertiary alicyclic amines) is 1. The molecule has 5 atom stereocenters. The smallest absolute Gasteiger partial charge is 0.165 e. The van der Waals surface area contributed by atoms with Crippen LogP contribution in [0.2, 0.25) is 0 Å². The summed E-state index contributed by atoms with van der Waals surface area (Å²) in [5.74, 6) is 0.663. The SMILES string of the molecule is CN1CC[C@]23c4c5ccc(O)c4O[C@H]2[C@@H](O)C=C[C@@]3(OCc2ccccc2-c2ccccc2)[C@H]1C5. The molecule has 3 aromatic rings. The molecule has 35 heavy (non-hydrogen) atoms. The van der Waals surface area contributed by atoms with Crippen LogP contribution in [0.25, 0.3) is 11.1 Å². The Morgan fingerprint density at radius 1 is 1.06 bits per heavy atom. The van der Waals surface area contributed by atoms with Crippen LogP contribution in [0.1, 0.15) is 23.1 Å². The Morgan fingerprint density at radius 2 is 1.86 bits per heavy atom. The molecular weight excluding hydrogens is 438 g/mol. The zero-order chi connectivity index (χ0) is 23.8. The monoisotopic (exact) mass is 467 g/mol. The summed E-state index contributed by atoms with van der Waals surface area (Å²) < 4.78 is 13.5. The van der Waals surface area contributed by atoms with E-state index in [9.17, 15) is 10.2 Å². The van der Waals surface area contributed by atoms with Gasteiger partial charge in [-0.05, 0) is 54.8 Å². The highest BCUT2D eigenvalue weighted by molar-refractivity contribution is 5.67. The van der Waals surface area contributed by atoms with Crippen LogP contribution >= 0.6 is 0 Å². The molecule has 1 fully saturated rings. The molecule has 7 rings (SSSR count). The Morgan fingerprint density at radius 3 is 2.71 bits per heavy atom. The Kier molecular flexibility index (Phi) is 4.50. The van der Waals surface area contributed by atoms with Crippen molar-refractivity contribution in [1.29, 1.82) is 0 Å². The Hall–Kier alpha value is -3.12. The second kappa shape index (κ2) is 7.44. The summed E-state index contributed by atoms with van der Waals surface area (Å²) in [5, 5.41) is 21.8. The van der Waals surface area contributed by atoms with Gasteiger partial charge in [-0.1, -0.05) is 72.8 Å². The number of likely N-dealkylation sites (N-methyl/N-ethyl adjacent to an activating group) is 1. The molecule has 5 heteroatoms.